The van der Waals surface area contributed by atoms with Crippen molar-refractivity contribution in [1.29, 1.82) is 0 Å². The number of fused-ring (bicyclic) bond motifs is 1. The van der Waals surface area contributed by atoms with Gasteiger partial charge in [0.25, 0.3) is 5.91 Å². The van der Waals surface area contributed by atoms with Crippen molar-refractivity contribution in [2.24, 2.45) is 0 Å². The number of hydrogen-bond acceptors (Lipinski definition) is 4. The number of hydrogen-bond donors (Lipinski definition) is 1. The molecule has 2 aliphatic heterocycles. The van der Waals surface area contributed by atoms with Crippen LogP contribution in [0.2, 0.25) is 0 Å². The third kappa shape index (κ3) is 3.41. The van der Waals surface area contributed by atoms with Crippen LogP contribution < -0.4 is 0 Å². The van der Waals surface area contributed by atoms with Crippen molar-refractivity contribution in [3.63, 3.8) is 0 Å². The van der Waals surface area contributed by atoms with Crippen LogP contribution >= 0.6 is 0 Å². The summed E-state index contributed by atoms with van der Waals surface area (Å²) >= 11 is 0. The molecule has 0 aliphatic carbocycles. The average Bonchev–Trinajstić information content (AvgIpc) is 3.04. The number of piperidine rings is 1. The zero-order valence-corrected chi connectivity index (χ0v) is 15.0. The molecule has 134 valence electrons. The van der Waals surface area contributed by atoms with E-state index in [0.717, 1.165) is 49.3 Å². The van der Waals surface area contributed by atoms with Crippen LogP contribution in [0.1, 0.15) is 30.1 Å². The van der Waals surface area contributed by atoms with Crippen molar-refractivity contribution in [2.75, 3.05) is 39.8 Å². The standard InChI is InChI=1S/C19H26N4O2/c1-13-5-6-15-16(10-13)21-18(20-15)14-4-3-7-23(11-14)19(24)17-12-22(2)8-9-25-17/h5-6,10,14,17H,3-4,7-9,11-12H2,1-2H3,(H,20,21). The van der Waals surface area contributed by atoms with E-state index in [1.807, 2.05) is 11.9 Å². The molecule has 2 atom stereocenters. The molecule has 2 aliphatic rings. The van der Waals surface area contributed by atoms with Crippen LogP contribution in [-0.2, 0) is 9.53 Å². The molecule has 2 saturated heterocycles. The fourth-order valence-corrected chi connectivity index (χ4v) is 3.87. The molecule has 1 N–H and O–H groups in total. The zero-order chi connectivity index (χ0) is 17.4. The number of H-pyrrole nitrogens is 1. The molecular formula is C19H26N4O2. The second kappa shape index (κ2) is 6.77. The number of morpholine rings is 1. The third-order valence-electron chi connectivity index (χ3n) is 5.32. The lowest BCUT2D eigenvalue weighted by Crippen LogP contribution is -2.51. The topological polar surface area (TPSA) is 61.5 Å². The van der Waals surface area contributed by atoms with Gasteiger partial charge in [-0.05, 0) is 44.5 Å². The SMILES string of the molecule is Cc1ccc2nc(C3CCCN(C(=O)C4CN(C)CCO4)C3)[nH]c2c1. The number of aromatic nitrogens is 2. The van der Waals surface area contributed by atoms with Gasteiger partial charge in [-0.15, -0.1) is 0 Å². The van der Waals surface area contributed by atoms with Crippen LogP contribution in [0.25, 0.3) is 11.0 Å². The predicted octanol–water partition coefficient (Wildman–Crippen LogP) is 1.91. The summed E-state index contributed by atoms with van der Waals surface area (Å²) in [5.74, 6) is 1.40. The van der Waals surface area contributed by atoms with Crippen LogP contribution in [0, 0.1) is 6.92 Å². The average molecular weight is 342 g/mol. The first-order valence-electron chi connectivity index (χ1n) is 9.15. The highest BCUT2D eigenvalue weighted by Crippen LogP contribution is 2.27. The first-order valence-corrected chi connectivity index (χ1v) is 9.15. The summed E-state index contributed by atoms with van der Waals surface area (Å²) in [6.07, 6.45) is 1.75. The summed E-state index contributed by atoms with van der Waals surface area (Å²) in [5.41, 5.74) is 3.30. The maximum Gasteiger partial charge on any atom is 0.253 e. The molecular weight excluding hydrogens is 316 g/mol. The van der Waals surface area contributed by atoms with Crippen LogP contribution in [0.5, 0.6) is 0 Å². The molecule has 1 aromatic carbocycles. The van der Waals surface area contributed by atoms with Crippen LogP contribution in [0.4, 0.5) is 0 Å². The molecule has 6 nitrogen and oxygen atoms in total. The Morgan fingerprint density at radius 3 is 3.04 bits per heavy atom. The van der Waals surface area contributed by atoms with E-state index in [-0.39, 0.29) is 17.9 Å². The van der Waals surface area contributed by atoms with E-state index >= 15 is 0 Å². The number of likely N-dealkylation sites (tertiary alicyclic amines) is 1. The smallest absolute Gasteiger partial charge is 0.253 e. The number of benzene rings is 1. The first-order chi connectivity index (χ1) is 12.1. The van der Waals surface area contributed by atoms with E-state index in [2.05, 4.69) is 35.0 Å². The van der Waals surface area contributed by atoms with Crippen molar-refractivity contribution in [3.05, 3.63) is 29.6 Å². The number of rotatable bonds is 2. The molecule has 1 aromatic heterocycles. The Balaban J connectivity index is 1.49. The molecule has 2 fully saturated rings. The van der Waals surface area contributed by atoms with Crippen molar-refractivity contribution >= 4 is 16.9 Å². The summed E-state index contributed by atoms with van der Waals surface area (Å²) in [4.78, 5) is 25.2. The van der Waals surface area contributed by atoms with Crippen molar-refractivity contribution < 1.29 is 9.53 Å². The van der Waals surface area contributed by atoms with E-state index in [4.69, 9.17) is 9.72 Å². The Hall–Kier alpha value is -1.92. The van der Waals surface area contributed by atoms with Gasteiger partial charge in [-0.2, -0.15) is 0 Å². The summed E-state index contributed by atoms with van der Waals surface area (Å²) in [6, 6.07) is 6.27. The normalized spacial score (nSPS) is 25.4. The summed E-state index contributed by atoms with van der Waals surface area (Å²) < 4.78 is 5.71. The Kier molecular flexibility index (Phi) is 4.48. The van der Waals surface area contributed by atoms with E-state index in [9.17, 15) is 4.79 Å². The number of nitrogens with zero attached hydrogens (tertiary/aromatic N) is 3. The Morgan fingerprint density at radius 2 is 2.20 bits per heavy atom. The van der Waals surface area contributed by atoms with Gasteiger partial charge in [-0.25, -0.2) is 4.98 Å². The Labute approximate surface area is 148 Å². The number of aromatic amines is 1. The van der Waals surface area contributed by atoms with Gasteiger partial charge in [-0.1, -0.05) is 6.07 Å². The molecule has 3 heterocycles. The predicted molar refractivity (Wildman–Crippen MR) is 96.6 cm³/mol. The Bertz CT molecular complexity index is 772. The van der Waals surface area contributed by atoms with Gasteiger partial charge >= 0.3 is 0 Å². The number of carbonyl (C=O) groups is 1. The van der Waals surface area contributed by atoms with Crippen molar-refractivity contribution in [2.45, 2.75) is 31.8 Å². The van der Waals surface area contributed by atoms with Crippen LogP contribution in [0.15, 0.2) is 18.2 Å². The number of nitrogens with one attached hydrogen (secondary N) is 1. The second-order valence-corrected chi connectivity index (χ2v) is 7.39. The van der Waals surface area contributed by atoms with Gasteiger partial charge in [-0.3, -0.25) is 4.79 Å². The highest BCUT2D eigenvalue weighted by Gasteiger charge is 2.33. The minimum atomic E-state index is -0.323. The summed E-state index contributed by atoms with van der Waals surface area (Å²) in [5, 5.41) is 0. The minimum Gasteiger partial charge on any atom is -0.366 e. The highest BCUT2D eigenvalue weighted by atomic mass is 16.5. The van der Waals surface area contributed by atoms with E-state index in [1.54, 1.807) is 0 Å². The fourth-order valence-electron chi connectivity index (χ4n) is 3.87. The van der Waals surface area contributed by atoms with Gasteiger partial charge in [0.2, 0.25) is 0 Å². The molecule has 0 spiro atoms. The largest absolute Gasteiger partial charge is 0.366 e. The van der Waals surface area contributed by atoms with Crippen LogP contribution in [-0.4, -0.2) is 71.6 Å². The molecule has 2 unspecified atom stereocenters. The molecule has 1 amide bonds. The van der Waals surface area contributed by atoms with Gasteiger partial charge in [0.05, 0.1) is 17.6 Å². The fraction of sp³-hybridized carbons (Fsp3) is 0.579. The van der Waals surface area contributed by atoms with Crippen molar-refractivity contribution in [3.8, 4) is 0 Å². The maximum atomic E-state index is 12.8. The van der Waals surface area contributed by atoms with E-state index < -0.39 is 0 Å². The van der Waals surface area contributed by atoms with Gasteiger partial charge in [0.1, 0.15) is 11.9 Å². The van der Waals surface area contributed by atoms with E-state index in [0.29, 0.717) is 13.2 Å². The zero-order valence-electron chi connectivity index (χ0n) is 15.0. The molecule has 4 rings (SSSR count). The monoisotopic (exact) mass is 342 g/mol. The first kappa shape index (κ1) is 16.5. The van der Waals surface area contributed by atoms with Crippen LogP contribution in [0.3, 0.4) is 0 Å². The number of likely N-dealkylation sites (N-methyl/N-ethyl adjacent to an activating group) is 1. The van der Waals surface area contributed by atoms with E-state index in [1.165, 1.54) is 5.56 Å². The Morgan fingerprint density at radius 1 is 1.32 bits per heavy atom. The number of aryl methyl sites for hydroxylation is 1. The quantitative estimate of drug-likeness (QED) is 0.906. The van der Waals surface area contributed by atoms with Gasteiger partial charge in [0.15, 0.2) is 0 Å². The summed E-state index contributed by atoms with van der Waals surface area (Å²) in [7, 11) is 2.04. The highest BCUT2D eigenvalue weighted by molar-refractivity contribution is 5.81. The second-order valence-electron chi connectivity index (χ2n) is 7.39. The maximum absolute atomic E-state index is 12.8. The summed E-state index contributed by atoms with van der Waals surface area (Å²) in [6.45, 7) is 5.84. The molecule has 2 aromatic rings. The molecule has 0 saturated carbocycles. The minimum absolute atomic E-state index is 0.128. The number of carbonyl (C=O) groups excluding carboxylic acids is 1. The number of amides is 1. The lowest BCUT2D eigenvalue weighted by molar-refractivity contribution is -0.150. The number of ether oxygens (including phenoxy) is 1. The molecule has 0 radical (unpaired) electrons. The van der Waals surface area contributed by atoms with Gasteiger partial charge < -0.3 is 19.5 Å². The molecule has 6 heteroatoms. The lowest BCUT2D eigenvalue weighted by Gasteiger charge is -2.36. The molecule has 0 bridgehead atoms. The van der Waals surface area contributed by atoms with Gasteiger partial charge in [0, 0.05) is 32.1 Å². The lowest BCUT2D eigenvalue weighted by atomic mass is 9.97. The van der Waals surface area contributed by atoms with Crippen molar-refractivity contribution in [1.82, 2.24) is 19.8 Å². The third-order valence-corrected chi connectivity index (χ3v) is 5.32. The number of imidazole rings is 1. The molecule has 25 heavy (non-hydrogen) atoms.